The minimum absolute atomic E-state index is 0.210. The van der Waals surface area contributed by atoms with E-state index >= 15 is 0 Å². The number of ether oxygens (including phenoxy) is 1. The number of halogens is 2. The number of methoxy groups -OCH3 is 1. The molecule has 0 aromatic heterocycles. The standard InChI is InChI=1S/C17H19ClINO/c1-3-20-16(10-12-4-7-14(19)8-5-12)15-9-6-13(18)11-17(15)21-2/h4-9,11,16,20H,3,10H2,1-2H3. The van der Waals surface area contributed by atoms with E-state index in [9.17, 15) is 0 Å². The number of hydrogen-bond acceptors (Lipinski definition) is 2. The lowest BCUT2D eigenvalue weighted by atomic mass is 9.98. The van der Waals surface area contributed by atoms with Crippen LogP contribution in [-0.2, 0) is 6.42 Å². The fourth-order valence-electron chi connectivity index (χ4n) is 2.37. The van der Waals surface area contributed by atoms with E-state index in [1.54, 1.807) is 7.11 Å². The van der Waals surface area contributed by atoms with Gasteiger partial charge in [0.15, 0.2) is 0 Å². The van der Waals surface area contributed by atoms with Crippen LogP contribution < -0.4 is 10.1 Å². The SMILES string of the molecule is CCNC(Cc1ccc(I)cc1)c1ccc(Cl)cc1OC. The molecule has 0 saturated carbocycles. The third-order valence-corrected chi connectivity index (χ3v) is 4.33. The van der Waals surface area contributed by atoms with Crippen molar-refractivity contribution in [1.82, 2.24) is 5.32 Å². The van der Waals surface area contributed by atoms with Gasteiger partial charge in [-0.2, -0.15) is 0 Å². The van der Waals surface area contributed by atoms with Gasteiger partial charge in [-0.1, -0.05) is 36.7 Å². The molecule has 0 saturated heterocycles. The van der Waals surface area contributed by atoms with Gasteiger partial charge in [0.25, 0.3) is 0 Å². The fourth-order valence-corrected chi connectivity index (χ4v) is 2.89. The molecule has 2 nitrogen and oxygen atoms in total. The minimum atomic E-state index is 0.210. The molecule has 0 bridgehead atoms. The summed E-state index contributed by atoms with van der Waals surface area (Å²) >= 11 is 8.38. The highest BCUT2D eigenvalue weighted by Gasteiger charge is 2.16. The Balaban J connectivity index is 2.28. The second kappa shape index (κ2) is 8.01. The molecule has 112 valence electrons. The molecule has 0 heterocycles. The molecule has 2 aromatic rings. The predicted molar refractivity (Wildman–Crippen MR) is 97.3 cm³/mol. The summed E-state index contributed by atoms with van der Waals surface area (Å²) in [5.74, 6) is 0.832. The van der Waals surface area contributed by atoms with E-state index < -0.39 is 0 Å². The van der Waals surface area contributed by atoms with Crippen molar-refractivity contribution >= 4 is 34.2 Å². The normalized spacial score (nSPS) is 12.2. The van der Waals surface area contributed by atoms with E-state index in [2.05, 4.69) is 59.1 Å². The first-order chi connectivity index (χ1) is 10.1. The van der Waals surface area contributed by atoms with Gasteiger partial charge in [0.1, 0.15) is 5.75 Å². The van der Waals surface area contributed by atoms with Crippen LogP contribution in [0.1, 0.15) is 24.1 Å². The topological polar surface area (TPSA) is 21.3 Å². The Hall–Kier alpha value is -0.780. The van der Waals surface area contributed by atoms with Gasteiger partial charge < -0.3 is 10.1 Å². The molecule has 0 spiro atoms. The zero-order chi connectivity index (χ0) is 15.2. The van der Waals surface area contributed by atoms with Crippen molar-refractivity contribution in [2.45, 2.75) is 19.4 Å². The van der Waals surface area contributed by atoms with Crippen molar-refractivity contribution in [2.75, 3.05) is 13.7 Å². The molecule has 4 heteroatoms. The number of rotatable bonds is 6. The molecule has 0 amide bonds. The van der Waals surface area contributed by atoms with E-state index in [-0.39, 0.29) is 6.04 Å². The lowest BCUT2D eigenvalue weighted by molar-refractivity contribution is 0.399. The molecule has 0 aliphatic carbocycles. The molecule has 1 N–H and O–H groups in total. The van der Waals surface area contributed by atoms with Crippen molar-refractivity contribution in [3.8, 4) is 5.75 Å². The van der Waals surface area contributed by atoms with Crippen LogP contribution in [0.2, 0.25) is 5.02 Å². The summed E-state index contributed by atoms with van der Waals surface area (Å²) in [5, 5.41) is 4.23. The van der Waals surface area contributed by atoms with Crippen molar-refractivity contribution in [2.24, 2.45) is 0 Å². The van der Waals surface area contributed by atoms with Crippen LogP contribution in [-0.4, -0.2) is 13.7 Å². The Morgan fingerprint density at radius 1 is 1.19 bits per heavy atom. The summed E-state index contributed by atoms with van der Waals surface area (Å²) in [4.78, 5) is 0. The van der Waals surface area contributed by atoms with E-state index in [4.69, 9.17) is 16.3 Å². The average molecular weight is 416 g/mol. The summed E-state index contributed by atoms with van der Waals surface area (Å²) in [7, 11) is 1.68. The number of hydrogen-bond donors (Lipinski definition) is 1. The first kappa shape index (κ1) is 16.6. The second-order valence-electron chi connectivity index (χ2n) is 4.83. The number of likely N-dealkylation sites (N-methyl/N-ethyl adjacent to an activating group) is 1. The highest BCUT2D eigenvalue weighted by molar-refractivity contribution is 14.1. The van der Waals surface area contributed by atoms with Gasteiger partial charge in [-0.3, -0.25) is 0 Å². The molecule has 1 unspecified atom stereocenters. The average Bonchev–Trinajstić information content (AvgIpc) is 2.49. The molecule has 1 atom stereocenters. The number of nitrogens with one attached hydrogen (secondary N) is 1. The summed E-state index contributed by atoms with van der Waals surface area (Å²) in [6, 6.07) is 14.7. The maximum atomic E-state index is 6.05. The van der Waals surface area contributed by atoms with Gasteiger partial charge in [-0.15, -0.1) is 0 Å². The Kier molecular flexibility index (Phi) is 6.33. The van der Waals surface area contributed by atoms with Gasteiger partial charge >= 0.3 is 0 Å². The zero-order valence-corrected chi connectivity index (χ0v) is 15.1. The maximum absolute atomic E-state index is 6.05. The molecular weight excluding hydrogens is 397 g/mol. The van der Waals surface area contributed by atoms with Crippen LogP contribution in [0.3, 0.4) is 0 Å². The third kappa shape index (κ3) is 4.59. The van der Waals surface area contributed by atoms with E-state index in [1.807, 2.05) is 18.2 Å². The number of benzene rings is 2. The van der Waals surface area contributed by atoms with Crippen molar-refractivity contribution in [1.29, 1.82) is 0 Å². The van der Waals surface area contributed by atoms with Crippen LogP contribution in [0.4, 0.5) is 0 Å². The van der Waals surface area contributed by atoms with E-state index in [0.717, 1.165) is 24.3 Å². The van der Waals surface area contributed by atoms with Crippen LogP contribution in [0.15, 0.2) is 42.5 Å². The lowest BCUT2D eigenvalue weighted by Gasteiger charge is -2.21. The fraction of sp³-hybridized carbons (Fsp3) is 0.294. The van der Waals surface area contributed by atoms with E-state index in [1.165, 1.54) is 9.13 Å². The van der Waals surface area contributed by atoms with Crippen LogP contribution in [0.25, 0.3) is 0 Å². The predicted octanol–water partition coefficient (Wildman–Crippen LogP) is 4.85. The van der Waals surface area contributed by atoms with Gasteiger partial charge in [0.2, 0.25) is 0 Å². The largest absolute Gasteiger partial charge is 0.496 e. The maximum Gasteiger partial charge on any atom is 0.125 e. The quantitative estimate of drug-likeness (QED) is 0.681. The molecule has 0 aliphatic heterocycles. The van der Waals surface area contributed by atoms with Crippen LogP contribution in [0.5, 0.6) is 5.75 Å². The molecule has 2 aromatic carbocycles. The second-order valence-corrected chi connectivity index (χ2v) is 6.51. The molecule has 0 aliphatic rings. The first-order valence-corrected chi connectivity index (χ1v) is 8.41. The lowest BCUT2D eigenvalue weighted by Crippen LogP contribution is -2.23. The van der Waals surface area contributed by atoms with Gasteiger partial charge in [-0.25, -0.2) is 0 Å². The summed E-state index contributed by atoms with van der Waals surface area (Å²) in [6.45, 7) is 3.02. The van der Waals surface area contributed by atoms with Gasteiger partial charge in [0, 0.05) is 20.2 Å². The van der Waals surface area contributed by atoms with Crippen molar-refractivity contribution in [3.63, 3.8) is 0 Å². The monoisotopic (exact) mass is 415 g/mol. The molecular formula is C17H19ClINO. The summed E-state index contributed by atoms with van der Waals surface area (Å²) in [6.07, 6.45) is 0.919. The molecule has 0 fully saturated rings. The van der Waals surface area contributed by atoms with Gasteiger partial charge in [0.05, 0.1) is 7.11 Å². The van der Waals surface area contributed by atoms with Crippen molar-refractivity contribution in [3.05, 3.63) is 62.2 Å². The van der Waals surface area contributed by atoms with Crippen LogP contribution >= 0.6 is 34.2 Å². The summed E-state index contributed by atoms with van der Waals surface area (Å²) < 4.78 is 6.74. The molecule has 0 radical (unpaired) electrons. The third-order valence-electron chi connectivity index (χ3n) is 3.37. The Bertz CT molecular complexity index is 586. The van der Waals surface area contributed by atoms with Gasteiger partial charge in [-0.05, 0) is 65.4 Å². The highest BCUT2D eigenvalue weighted by Crippen LogP contribution is 2.30. The van der Waals surface area contributed by atoms with Crippen LogP contribution in [0, 0.1) is 3.57 Å². The molecule has 21 heavy (non-hydrogen) atoms. The van der Waals surface area contributed by atoms with E-state index in [0.29, 0.717) is 5.02 Å². The Morgan fingerprint density at radius 3 is 2.52 bits per heavy atom. The first-order valence-electron chi connectivity index (χ1n) is 6.95. The Morgan fingerprint density at radius 2 is 1.90 bits per heavy atom. The smallest absolute Gasteiger partial charge is 0.125 e. The summed E-state index contributed by atoms with van der Waals surface area (Å²) in [5.41, 5.74) is 2.45. The Labute approximate surface area is 145 Å². The van der Waals surface area contributed by atoms with Crippen molar-refractivity contribution < 1.29 is 4.74 Å². The molecule has 2 rings (SSSR count). The minimum Gasteiger partial charge on any atom is -0.496 e. The zero-order valence-electron chi connectivity index (χ0n) is 12.2. The highest BCUT2D eigenvalue weighted by atomic mass is 127.